The zero-order valence-electron chi connectivity index (χ0n) is 9.56. The highest BCUT2D eigenvalue weighted by Crippen LogP contribution is 2.11. The van der Waals surface area contributed by atoms with Crippen LogP contribution in [0.4, 0.5) is 0 Å². The van der Waals surface area contributed by atoms with Gasteiger partial charge >= 0.3 is 0 Å². The fourth-order valence-electron chi connectivity index (χ4n) is 1.28. The molecule has 0 heterocycles. The van der Waals surface area contributed by atoms with Gasteiger partial charge in [-0.1, -0.05) is 28.1 Å². The second-order valence-electron chi connectivity index (χ2n) is 3.62. The van der Waals surface area contributed by atoms with Crippen molar-refractivity contribution in [2.45, 2.75) is 19.0 Å². The van der Waals surface area contributed by atoms with Crippen LogP contribution in [0.25, 0.3) is 0 Å². The van der Waals surface area contributed by atoms with Gasteiger partial charge in [0.2, 0.25) is 11.8 Å². The molecule has 0 radical (unpaired) electrons. The van der Waals surface area contributed by atoms with Gasteiger partial charge in [-0.3, -0.25) is 9.59 Å². The van der Waals surface area contributed by atoms with Crippen molar-refractivity contribution in [3.05, 3.63) is 34.3 Å². The summed E-state index contributed by atoms with van der Waals surface area (Å²) in [6.45, 7) is 0.366. The highest BCUT2D eigenvalue weighted by molar-refractivity contribution is 9.10. The van der Waals surface area contributed by atoms with Crippen LogP contribution in [0, 0.1) is 0 Å². The number of nitrogens with one attached hydrogen (secondary N) is 1. The molecule has 0 bridgehead atoms. The summed E-state index contributed by atoms with van der Waals surface area (Å²) in [4.78, 5) is 22.1. The molecule has 18 heavy (non-hydrogen) atoms. The molecule has 0 aliphatic carbocycles. The van der Waals surface area contributed by atoms with Gasteiger partial charge in [-0.05, 0) is 17.7 Å². The second kappa shape index (κ2) is 8.07. The zero-order chi connectivity index (χ0) is 12.8. The third-order valence-corrected chi connectivity index (χ3v) is 2.61. The minimum atomic E-state index is -0.889. The van der Waals surface area contributed by atoms with E-state index in [1.165, 1.54) is 0 Å². The zero-order valence-corrected chi connectivity index (χ0v) is 12.0. The molecule has 0 fully saturated rings. The number of hydrogen-bond acceptors (Lipinski definition) is 3. The fourth-order valence-corrected chi connectivity index (χ4v) is 1.72. The Balaban J connectivity index is 0.00000289. The Morgan fingerprint density at radius 3 is 2.61 bits per heavy atom. The largest absolute Gasteiger partial charge is 0.370 e. The second-order valence-corrected chi connectivity index (χ2v) is 4.54. The first-order valence-corrected chi connectivity index (χ1v) is 5.84. The van der Waals surface area contributed by atoms with E-state index in [-0.39, 0.29) is 24.7 Å². The molecule has 0 saturated carbocycles. The smallest absolute Gasteiger partial charge is 0.237 e. The maximum absolute atomic E-state index is 11.5. The summed E-state index contributed by atoms with van der Waals surface area (Å²) in [7, 11) is 0. The average Bonchev–Trinajstić information content (AvgIpc) is 2.25. The predicted octanol–water partition coefficient (Wildman–Crippen LogP) is 0.690. The van der Waals surface area contributed by atoms with E-state index in [1.807, 2.05) is 24.3 Å². The van der Waals surface area contributed by atoms with Crippen molar-refractivity contribution >= 4 is 40.2 Å². The molecule has 0 saturated heterocycles. The number of rotatable bonds is 5. The van der Waals surface area contributed by atoms with Crippen molar-refractivity contribution in [3.63, 3.8) is 0 Å². The van der Waals surface area contributed by atoms with Gasteiger partial charge in [-0.15, -0.1) is 12.4 Å². The van der Waals surface area contributed by atoms with E-state index >= 15 is 0 Å². The van der Waals surface area contributed by atoms with Gasteiger partial charge in [-0.2, -0.15) is 0 Å². The minimum absolute atomic E-state index is 0. The van der Waals surface area contributed by atoms with Crippen molar-refractivity contribution in [2.24, 2.45) is 11.5 Å². The summed E-state index contributed by atoms with van der Waals surface area (Å²) in [6, 6.07) is 6.64. The van der Waals surface area contributed by atoms with Gasteiger partial charge < -0.3 is 16.8 Å². The van der Waals surface area contributed by atoms with Crippen LogP contribution in [0.2, 0.25) is 0 Å². The first-order valence-electron chi connectivity index (χ1n) is 5.05. The van der Waals surface area contributed by atoms with Crippen molar-refractivity contribution in [2.75, 3.05) is 0 Å². The van der Waals surface area contributed by atoms with Gasteiger partial charge in [0.1, 0.15) is 0 Å². The summed E-state index contributed by atoms with van der Waals surface area (Å²) in [5, 5.41) is 2.64. The van der Waals surface area contributed by atoms with Crippen LogP contribution in [0.1, 0.15) is 12.0 Å². The van der Waals surface area contributed by atoms with Crippen LogP contribution < -0.4 is 16.8 Å². The van der Waals surface area contributed by atoms with E-state index in [1.54, 1.807) is 0 Å². The van der Waals surface area contributed by atoms with Gasteiger partial charge in [-0.25, -0.2) is 0 Å². The molecular weight excluding hydrogens is 321 g/mol. The van der Waals surface area contributed by atoms with Crippen molar-refractivity contribution in [1.29, 1.82) is 0 Å². The third-order valence-electron chi connectivity index (χ3n) is 2.11. The number of carbonyl (C=O) groups excluding carboxylic acids is 2. The topological polar surface area (TPSA) is 98.2 Å². The highest BCUT2D eigenvalue weighted by atomic mass is 79.9. The van der Waals surface area contributed by atoms with E-state index in [0.29, 0.717) is 6.54 Å². The first-order chi connectivity index (χ1) is 7.99. The lowest BCUT2D eigenvalue weighted by molar-refractivity contribution is -0.126. The quantitative estimate of drug-likeness (QED) is 0.738. The van der Waals surface area contributed by atoms with Gasteiger partial charge in [0.15, 0.2) is 0 Å². The summed E-state index contributed by atoms with van der Waals surface area (Å²) in [6.07, 6.45) is -0.148. The van der Waals surface area contributed by atoms with Crippen LogP contribution in [-0.2, 0) is 16.1 Å². The summed E-state index contributed by atoms with van der Waals surface area (Å²) < 4.78 is 0.936. The number of carbonyl (C=O) groups is 2. The molecule has 1 atom stereocenters. The van der Waals surface area contributed by atoms with Crippen LogP contribution in [0.3, 0.4) is 0 Å². The average molecular weight is 337 g/mol. The molecule has 0 aliphatic rings. The Morgan fingerprint density at radius 2 is 2.06 bits per heavy atom. The van der Waals surface area contributed by atoms with Gasteiger partial charge in [0.05, 0.1) is 12.5 Å². The van der Waals surface area contributed by atoms with Crippen molar-refractivity contribution in [3.8, 4) is 0 Å². The number of amides is 2. The predicted molar refractivity (Wildman–Crippen MR) is 75.0 cm³/mol. The van der Waals surface area contributed by atoms with E-state index in [4.69, 9.17) is 11.5 Å². The maximum atomic E-state index is 11.5. The van der Waals surface area contributed by atoms with Crippen LogP contribution >= 0.6 is 28.3 Å². The fraction of sp³-hybridized carbons (Fsp3) is 0.273. The molecule has 7 heteroatoms. The lowest BCUT2D eigenvalue weighted by Crippen LogP contribution is -2.42. The van der Waals surface area contributed by atoms with Crippen LogP contribution in [-0.4, -0.2) is 17.9 Å². The summed E-state index contributed by atoms with van der Waals surface area (Å²) in [5.74, 6) is -0.973. The Labute approximate surface area is 120 Å². The minimum Gasteiger partial charge on any atom is -0.370 e. The number of primary amides is 1. The standard InChI is InChI=1S/C11H14BrN3O2.ClH/c12-8-3-1-2-7(4-8)6-15-11(17)9(13)5-10(14)16;/h1-4,9H,5-6,13H2,(H2,14,16)(H,15,17);1H. The molecule has 5 nitrogen and oxygen atoms in total. The number of benzene rings is 1. The molecule has 1 rings (SSSR count). The number of hydrogen-bond donors (Lipinski definition) is 3. The molecule has 1 aromatic carbocycles. The maximum Gasteiger partial charge on any atom is 0.237 e. The summed E-state index contributed by atoms with van der Waals surface area (Å²) >= 11 is 3.33. The Morgan fingerprint density at radius 1 is 1.39 bits per heavy atom. The lowest BCUT2D eigenvalue weighted by atomic mass is 10.2. The molecule has 5 N–H and O–H groups in total. The highest BCUT2D eigenvalue weighted by Gasteiger charge is 2.15. The van der Waals surface area contributed by atoms with Crippen LogP contribution in [0.5, 0.6) is 0 Å². The van der Waals surface area contributed by atoms with E-state index in [0.717, 1.165) is 10.0 Å². The Kier molecular flexibility index (Phi) is 7.58. The molecule has 100 valence electrons. The monoisotopic (exact) mass is 335 g/mol. The first kappa shape index (κ1) is 16.9. The molecule has 0 aromatic heterocycles. The summed E-state index contributed by atoms with van der Waals surface area (Å²) in [5.41, 5.74) is 11.4. The molecule has 1 aromatic rings. The normalized spacial score (nSPS) is 11.2. The third kappa shape index (κ3) is 6.00. The van der Waals surface area contributed by atoms with Crippen molar-refractivity contribution in [1.82, 2.24) is 5.32 Å². The lowest BCUT2D eigenvalue weighted by Gasteiger charge is -2.10. The molecule has 0 spiro atoms. The van der Waals surface area contributed by atoms with Crippen molar-refractivity contribution < 1.29 is 9.59 Å². The SMILES string of the molecule is Cl.NC(=O)CC(N)C(=O)NCc1cccc(Br)c1. The van der Waals surface area contributed by atoms with E-state index in [2.05, 4.69) is 21.2 Å². The number of halogens is 2. The van der Waals surface area contributed by atoms with E-state index in [9.17, 15) is 9.59 Å². The molecule has 0 aliphatic heterocycles. The molecule has 1 unspecified atom stereocenters. The van der Waals surface area contributed by atoms with Crippen LogP contribution in [0.15, 0.2) is 28.7 Å². The number of nitrogens with two attached hydrogens (primary N) is 2. The van der Waals surface area contributed by atoms with Gasteiger partial charge in [0, 0.05) is 11.0 Å². The molecular formula is C11H15BrClN3O2. The Hall–Kier alpha value is -1.11. The molecule has 2 amide bonds. The van der Waals surface area contributed by atoms with E-state index < -0.39 is 11.9 Å². The van der Waals surface area contributed by atoms with Gasteiger partial charge in [0.25, 0.3) is 0 Å². The Bertz CT molecular complexity index is 429.